The molecule has 0 radical (unpaired) electrons. The molecule has 16 heavy (non-hydrogen) atoms. The number of halogens is 2. The molecule has 98 valence electrons. The van der Waals surface area contributed by atoms with Crippen LogP contribution in [-0.4, -0.2) is 62.8 Å². The average Bonchev–Trinajstić information content (AvgIpc) is 2.16. The maximum absolute atomic E-state index is 12.1. The van der Waals surface area contributed by atoms with E-state index in [2.05, 4.69) is 5.32 Å². The van der Waals surface area contributed by atoms with Crippen LogP contribution in [0.3, 0.4) is 0 Å². The van der Waals surface area contributed by atoms with E-state index in [1.165, 1.54) is 0 Å². The lowest BCUT2D eigenvalue weighted by molar-refractivity contribution is 0.113. The first kappa shape index (κ1) is 15.7. The Hall–Kier alpha value is -0.310. The fraction of sp³-hybridized carbons (Fsp3) is 1.00. The van der Waals surface area contributed by atoms with Crippen LogP contribution in [-0.2, 0) is 10.0 Å². The quantitative estimate of drug-likeness (QED) is 0.548. The molecule has 0 fully saturated rings. The molecule has 0 amide bonds. The summed E-state index contributed by atoms with van der Waals surface area (Å²) >= 11 is 0. The highest BCUT2D eigenvalue weighted by Crippen LogP contribution is 2.05. The molecular weight excluding hydrogens is 242 g/mol. The fourth-order valence-electron chi connectivity index (χ4n) is 1.12. The Labute approximate surface area is 94.5 Å². The number of nitrogens with one attached hydrogen (secondary N) is 1. The summed E-state index contributed by atoms with van der Waals surface area (Å²) in [4.78, 5) is 0. The van der Waals surface area contributed by atoms with Crippen LogP contribution >= 0.6 is 0 Å². The Kier molecular flexibility index (Phi) is 7.73. The molecule has 0 aromatic heterocycles. The van der Waals surface area contributed by atoms with Crippen LogP contribution in [0.25, 0.3) is 0 Å². The minimum atomic E-state index is -3.72. The molecule has 0 aliphatic rings. The van der Waals surface area contributed by atoms with Crippen molar-refractivity contribution in [2.45, 2.75) is 13.3 Å². The molecule has 8 heteroatoms. The largest absolute Gasteiger partial charge is 0.395 e. The molecule has 0 aromatic carbocycles. The number of aliphatic hydroxyl groups excluding tert-OH is 1. The first-order valence-corrected chi connectivity index (χ1v) is 6.62. The number of rotatable bonds is 9. The molecule has 0 unspecified atom stereocenters. The molecule has 0 aliphatic carbocycles. The van der Waals surface area contributed by atoms with Crippen molar-refractivity contribution in [3.05, 3.63) is 0 Å². The molecule has 2 N–H and O–H groups in total. The van der Waals surface area contributed by atoms with Gasteiger partial charge < -0.3 is 10.4 Å². The number of hydrogen-bond acceptors (Lipinski definition) is 4. The van der Waals surface area contributed by atoms with Crippen LogP contribution in [0.5, 0.6) is 0 Å². The minimum absolute atomic E-state index is 0.212. The van der Waals surface area contributed by atoms with Gasteiger partial charge in [0.2, 0.25) is 10.0 Å². The van der Waals surface area contributed by atoms with Crippen molar-refractivity contribution in [1.82, 2.24) is 9.62 Å². The number of aliphatic hydroxyl groups is 1. The van der Waals surface area contributed by atoms with Gasteiger partial charge in [0.05, 0.1) is 18.9 Å². The van der Waals surface area contributed by atoms with Crippen LogP contribution < -0.4 is 5.32 Å². The SMILES string of the molecule is CCNCCS(=O)(=O)N(CCO)CC(F)F. The fourth-order valence-corrected chi connectivity index (χ4v) is 2.48. The Balaban J connectivity index is 4.37. The van der Waals surface area contributed by atoms with E-state index in [0.717, 1.165) is 0 Å². The maximum atomic E-state index is 12.1. The van der Waals surface area contributed by atoms with Crippen molar-refractivity contribution in [1.29, 1.82) is 0 Å². The number of alkyl halides is 2. The van der Waals surface area contributed by atoms with Gasteiger partial charge >= 0.3 is 0 Å². The standard InChI is InChI=1S/C8H18F2N2O3S/c1-2-11-3-6-16(14,15)12(4-5-13)7-8(9)10/h8,11,13H,2-7H2,1H3. The lowest BCUT2D eigenvalue weighted by atomic mass is 10.6. The maximum Gasteiger partial charge on any atom is 0.252 e. The van der Waals surface area contributed by atoms with Gasteiger partial charge in [-0.1, -0.05) is 6.92 Å². The normalized spacial score (nSPS) is 12.6. The minimum Gasteiger partial charge on any atom is -0.395 e. The Morgan fingerprint density at radius 3 is 2.50 bits per heavy atom. The van der Waals surface area contributed by atoms with E-state index >= 15 is 0 Å². The summed E-state index contributed by atoms with van der Waals surface area (Å²) in [7, 11) is -3.72. The van der Waals surface area contributed by atoms with Gasteiger partial charge in [-0.3, -0.25) is 0 Å². The first-order chi connectivity index (χ1) is 7.44. The van der Waals surface area contributed by atoms with Crippen molar-refractivity contribution in [3.63, 3.8) is 0 Å². The van der Waals surface area contributed by atoms with E-state index in [1.54, 1.807) is 0 Å². The van der Waals surface area contributed by atoms with Gasteiger partial charge in [-0.15, -0.1) is 0 Å². The molecule has 0 heterocycles. The van der Waals surface area contributed by atoms with Gasteiger partial charge in [0.1, 0.15) is 0 Å². The third-order valence-corrected chi connectivity index (χ3v) is 3.71. The first-order valence-electron chi connectivity index (χ1n) is 5.01. The van der Waals surface area contributed by atoms with Gasteiger partial charge in [0.25, 0.3) is 6.43 Å². The summed E-state index contributed by atoms with van der Waals surface area (Å²) in [6.07, 6.45) is -2.74. The third kappa shape index (κ3) is 6.31. The number of hydrogen-bond donors (Lipinski definition) is 2. The summed E-state index contributed by atoms with van der Waals surface area (Å²) in [5, 5.41) is 11.4. The van der Waals surface area contributed by atoms with Crippen LogP contribution in [0, 0.1) is 0 Å². The average molecular weight is 260 g/mol. The highest BCUT2D eigenvalue weighted by molar-refractivity contribution is 7.89. The zero-order valence-corrected chi connectivity index (χ0v) is 10.0. The molecule has 0 rings (SSSR count). The van der Waals surface area contributed by atoms with Crippen molar-refractivity contribution >= 4 is 10.0 Å². The summed E-state index contributed by atoms with van der Waals surface area (Å²) in [6, 6.07) is 0. The molecule has 5 nitrogen and oxygen atoms in total. The molecule has 0 aromatic rings. The van der Waals surface area contributed by atoms with Crippen molar-refractivity contribution < 1.29 is 22.3 Å². The van der Waals surface area contributed by atoms with Gasteiger partial charge in [0.15, 0.2) is 0 Å². The van der Waals surface area contributed by atoms with Crippen LogP contribution in [0.2, 0.25) is 0 Å². The number of nitrogens with zero attached hydrogens (tertiary/aromatic N) is 1. The Morgan fingerprint density at radius 1 is 1.44 bits per heavy atom. The molecule has 0 spiro atoms. The topological polar surface area (TPSA) is 69.6 Å². The predicted octanol–water partition coefficient (Wildman–Crippen LogP) is -0.515. The third-order valence-electron chi connectivity index (χ3n) is 1.87. The zero-order chi connectivity index (χ0) is 12.6. The zero-order valence-electron chi connectivity index (χ0n) is 9.20. The number of sulfonamides is 1. The van der Waals surface area contributed by atoms with Crippen LogP contribution in [0.1, 0.15) is 6.92 Å². The molecule has 0 aliphatic heterocycles. The monoisotopic (exact) mass is 260 g/mol. The Morgan fingerprint density at radius 2 is 2.06 bits per heavy atom. The molecule has 0 bridgehead atoms. The van der Waals surface area contributed by atoms with Crippen LogP contribution in [0.4, 0.5) is 8.78 Å². The van der Waals surface area contributed by atoms with Gasteiger partial charge in [-0.05, 0) is 6.54 Å². The predicted molar refractivity (Wildman–Crippen MR) is 57.0 cm³/mol. The summed E-state index contributed by atoms with van der Waals surface area (Å²) in [6.45, 7) is 1.02. The van der Waals surface area contributed by atoms with E-state index < -0.39 is 29.6 Å². The van der Waals surface area contributed by atoms with E-state index in [1.807, 2.05) is 6.92 Å². The van der Waals surface area contributed by atoms with E-state index in [-0.39, 0.29) is 18.8 Å². The van der Waals surface area contributed by atoms with Gasteiger partial charge in [-0.2, -0.15) is 4.31 Å². The summed E-state index contributed by atoms with van der Waals surface area (Å²) in [5.74, 6) is -0.243. The Bertz CT molecular complexity index is 272. The van der Waals surface area contributed by atoms with Gasteiger partial charge in [0, 0.05) is 13.1 Å². The molecule has 0 saturated heterocycles. The van der Waals surface area contributed by atoms with Crippen molar-refractivity contribution in [2.24, 2.45) is 0 Å². The van der Waals surface area contributed by atoms with Crippen LogP contribution in [0.15, 0.2) is 0 Å². The lowest BCUT2D eigenvalue weighted by Gasteiger charge is -2.20. The second kappa shape index (κ2) is 7.88. The lowest BCUT2D eigenvalue weighted by Crippen LogP contribution is -2.40. The highest BCUT2D eigenvalue weighted by atomic mass is 32.2. The molecule has 0 saturated carbocycles. The van der Waals surface area contributed by atoms with Crippen molar-refractivity contribution in [2.75, 3.05) is 38.5 Å². The van der Waals surface area contributed by atoms with E-state index in [4.69, 9.17) is 5.11 Å². The summed E-state index contributed by atoms with van der Waals surface area (Å²) in [5.41, 5.74) is 0. The van der Waals surface area contributed by atoms with E-state index in [0.29, 0.717) is 10.8 Å². The highest BCUT2D eigenvalue weighted by Gasteiger charge is 2.24. The van der Waals surface area contributed by atoms with Crippen molar-refractivity contribution in [3.8, 4) is 0 Å². The second-order valence-electron chi connectivity index (χ2n) is 3.14. The van der Waals surface area contributed by atoms with E-state index in [9.17, 15) is 17.2 Å². The molecule has 0 atom stereocenters. The van der Waals surface area contributed by atoms with Gasteiger partial charge in [-0.25, -0.2) is 17.2 Å². The smallest absolute Gasteiger partial charge is 0.252 e. The summed E-state index contributed by atoms with van der Waals surface area (Å²) < 4.78 is 48.0. The second-order valence-corrected chi connectivity index (χ2v) is 5.23. The molecular formula is C8H18F2N2O3S.